The first-order chi connectivity index (χ1) is 8.06. The van der Waals surface area contributed by atoms with Gasteiger partial charge >= 0.3 is 0 Å². The van der Waals surface area contributed by atoms with Crippen molar-refractivity contribution in [3.8, 4) is 0 Å². The summed E-state index contributed by atoms with van der Waals surface area (Å²) < 4.78 is 0. The van der Waals surface area contributed by atoms with Gasteiger partial charge in [0, 0.05) is 16.1 Å². The van der Waals surface area contributed by atoms with Crippen molar-refractivity contribution < 1.29 is 0 Å². The molecule has 0 amide bonds. The predicted molar refractivity (Wildman–Crippen MR) is 74.6 cm³/mol. The average Bonchev–Trinajstić information content (AvgIpc) is 2.28. The van der Waals surface area contributed by atoms with Gasteiger partial charge in [0.2, 0.25) is 0 Å². The van der Waals surface area contributed by atoms with E-state index >= 15 is 0 Å². The largest absolute Gasteiger partial charge is 0.327 e. The van der Waals surface area contributed by atoms with Crippen LogP contribution in [0.15, 0.2) is 18.2 Å². The Labute approximate surface area is 113 Å². The first kappa shape index (κ1) is 13.2. The maximum atomic E-state index is 6.20. The van der Waals surface area contributed by atoms with Crippen molar-refractivity contribution >= 4 is 23.2 Å². The molecule has 1 aliphatic rings. The summed E-state index contributed by atoms with van der Waals surface area (Å²) in [5.74, 6) is 1.31. The van der Waals surface area contributed by atoms with E-state index in [4.69, 9.17) is 28.9 Å². The van der Waals surface area contributed by atoms with Gasteiger partial charge in [0.05, 0.1) is 0 Å². The van der Waals surface area contributed by atoms with Crippen LogP contribution in [0.3, 0.4) is 0 Å². The zero-order valence-electron chi connectivity index (χ0n) is 10.1. The summed E-state index contributed by atoms with van der Waals surface area (Å²) in [6, 6.07) is 5.98. The minimum Gasteiger partial charge on any atom is -0.327 e. The van der Waals surface area contributed by atoms with Crippen LogP contribution in [0.2, 0.25) is 10.0 Å². The highest BCUT2D eigenvalue weighted by Gasteiger charge is 2.26. The minimum atomic E-state index is 0.307. The van der Waals surface area contributed by atoms with Gasteiger partial charge < -0.3 is 5.73 Å². The zero-order valence-corrected chi connectivity index (χ0v) is 11.6. The quantitative estimate of drug-likeness (QED) is 0.853. The van der Waals surface area contributed by atoms with Gasteiger partial charge in [-0.05, 0) is 61.3 Å². The van der Waals surface area contributed by atoms with Crippen LogP contribution in [0.1, 0.15) is 31.7 Å². The summed E-state index contributed by atoms with van der Waals surface area (Å²) in [6.45, 7) is 2.30. The molecule has 1 aromatic carbocycles. The van der Waals surface area contributed by atoms with Gasteiger partial charge in [-0.25, -0.2) is 0 Å². The highest BCUT2D eigenvalue weighted by atomic mass is 35.5. The predicted octanol–water partition coefficient (Wildman–Crippen LogP) is 4.30. The summed E-state index contributed by atoms with van der Waals surface area (Å²) in [5.41, 5.74) is 7.33. The zero-order chi connectivity index (χ0) is 12.4. The molecule has 3 atom stereocenters. The molecular formula is C14H19Cl2N. The van der Waals surface area contributed by atoms with Crippen LogP contribution < -0.4 is 5.73 Å². The van der Waals surface area contributed by atoms with E-state index in [1.807, 2.05) is 18.2 Å². The molecule has 0 radical (unpaired) electrons. The summed E-state index contributed by atoms with van der Waals surface area (Å²) in [6.07, 6.45) is 4.53. The Balaban J connectivity index is 2.11. The average molecular weight is 272 g/mol. The molecule has 0 saturated heterocycles. The van der Waals surface area contributed by atoms with E-state index < -0.39 is 0 Å². The van der Waals surface area contributed by atoms with Crippen LogP contribution in [0.4, 0.5) is 0 Å². The Morgan fingerprint density at radius 3 is 2.82 bits per heavy atom. The lowest BCUT2D eigenvalue weighted by molar-refractivity contribution is 0.245. The van der Waals surface area contributed by atoms with Gasteiger partial charge in [0.1, 0.15) is 0 Å². The lowest BCUT2D eigenvalue weighted by Gasteiger charge is -2.32. The van der Waals surface area contributed by atoms with Gasteiger partial charge in [-0.2, -0.15) is 0 Å². The third-order valence-electron chi connectivity index (χ3n) is 3.79. The second-order valence-electron chi connectivity index (χ2n) is 5.28. The van der Waals surface area contributed by atoms with Crippen LogP contribution in [0.25, 0.3) is 0 Å². The lowest BCUT2D eigenvalue weighted by Crippen LogP contribution is -2.36. The van der Waals surface area contributed by atoms with E-state index in [1.165, 1.54) is 12.8 Å². The minimum absolute atomic E-state index is 0.307. The molecule has 17 heavy (non-hydrogen) atoms. The van der Waals surface area contributed by atoms with E-state index in [-0.39, 0.29) is 0 Å². The van der Waals surface area contributed by atoms with Gasteiger partial charge in [-0.1, -0.05) is 30.1 Å². The smallest absolute Gasteiger partial charge is 0.0439 e. The number of rotatable bonds is 2. The Bertz CT molecular complexity index is 392. The molecule has 94 valence electrons. The molecule has 0 aliphatic heterocycles. The van der Waals surface area contributed by atoms with Crippen molar-refractivity contribution in [2.24, 2.45) is 17.6 Å². The fourth-order valence-corrected chi connectivity index (χ4v) is 3.13. The molecule has 0 heterocycles. The number of benzene rings is 1. The molecule has 1 aromatic rings. The van der Waals surface area contributed by atoms with E-state index in [1.54, 1.807) is 0 Å². The lowest BCUT2D eigenvalue weighted by atomic mass is 9.76. The summed E-state index contributed by atoms with van der Waals surface area (Å²) >= 11 is 12.2. The van der Waals surface area contributed by atoms with E-state index in [2.05, 4.69) is 6.92 Å². The highest BCUT2D eigenvalue weighted by Crippen LogP contribution is 2.32. The second-order valence-corrected chi connectivity index (χ2v) is 6.13. The maximum Gasteiger partial charge on any atom is 0.0439 e. The molecule has 1 aliphatic carbocycles. The van der Waals surface area contributed by atoms with Crippen LogP contribution in [0.5, 0.6) is 0 Å². The molecule has 0 spiro atoms. The van der Waals surface area contributed by atoms with E-state index in [0.29, 0.717) is 12.0 Å². The Morgan fingerprint density at radius 1 is 1.29 bits per heavy atom. The number of hydrogen-bond donors (Lipinski definition) is 1. The Hall–Kier alpha value is -0.240. The third kappa shape index (κ3) is 3.37. The van der Waals surface area contributed by atoms with Crippen molar-refractivity contribution in [3.63, 3.8) is 0 Å². The van der Waals surface area contributed by atoms with Crippen molar-refractivity contribution in [1.29, 1.82) is 0 Å². The van der Waals surface area contributed by atoms with Gasteiger partial charge in [0.15, 0.2) is 0 Å². The van der Waals surface area contributed by atoms with Gasteiger partial charge in [0.25, 0.3) is 0 Å². The highest BCUT2D eigenvalue weighted by molar-refractivity contribution is 6.33. The summed E-state index contributed by atoms with van der Waals surface area (Å²) in [5, 5.41) is 1.56. The number of nitrogens with two attached hydrogens (primary N) is 1. The molecule has 2 N–H and O–H groups in total. The van der Waals surface area contributed by atoms with Crippen LogP contribution in [0, 0.1) is 11.8 Å². The van der Waals surface area contributed by atoms with Crippen molar-refractivity contribution in [2.45, 2.75) is 38.6 Å². The third-order valence-corrected chi connectivity index (χ3v) is 4.40. The summed E-state index contributed by atoms with van der Waals surface area (Å²) in [4.78, 5) is 0. The molecule has 1 nitrogen and oxygen atoms in total. The second kappa shape index (κ2) is 5.60. The summed E-state index contributed by atoms with van der Waals surface area (Å²) in [7, 11) is 0. The molecule has 0 aromatic heterocycles. The number of halogens is 2. The van der Waals surface area contributed by atoms with Crippen molar-refractivity contribution in [1.82, 2.24) is 0 Å². The fraction of sp³-hybridized carbons (Fsp3) is 0.571. The van der Waals surface area contributed by atoms with Crippen molar-refractivity contribution in [3.05, 3.63) is 33.8 Å². The van der Waals surface area contributed by atoms with Crippen LogP contribution >= 0.6 is 23.2 Å². The standard InChI is InChI=1S/C14H19Cl2N/c1-9-2-5-14(17)11(6-9)7-10-8-12(15)3-4-13(10)16/h3-4,8-9,11,14H,2,5-7,17H2,1H3. The number of hydrogen-bond acceptors (Lipinski definition) is 1. The van der Waals surface area contributed by atoms with Crippen LogP contribution in [-0.4, -0.2) is 6.04 Å². The van der Waals surface area contributed by atoms with E-state index in [9.17, 15) is 0 Å². The van der Waals surface area contributed by atoms with E-state index in [0.717, 1.165) is 34.4 Å². The molecule has 3 heteroatoms. The van der Waals surface area contributed by atoms with Crippen LogP contribution in [-0.2, 0) is 6.42 Å². The Kier molecular flexibility index (Phi) is 4.35. The molecule has 2 rings (SSSR count). The van der Waals surface area contributed by atoms with Crippen molar-refractivity contribution in [2.75, 3.05) is 0 Å². The van der Waals surface area contributed by atoms with Gasteiger partial charge in [-0.15, -0.1) is 0 Å². The fourth-order valence-electron chi connectivity index (χ4n) is 2.74. The Morgan fingerprint density at radius 2 is 2.06 bits per heavy atom. The molecule has 3 unspecified atom stereocenters. The molecule has 1 saturated carbocycles. The maximum absolute atomic E-state index is 6.20. The molecule has 1 fully saturated rings. The normalized spacial score (nSPS) is 29.3. The van der Waals surface area contributed by atoms with Gasteiger partial charge in [-0.3, -0.25) is 0 Å². The molecule has 0 bridgehead atoms. The SMILES string of the molecule is CC1CCC(N)C(Cc2cc(Cl)ccc2Cl)C1. The monoisotopic (exact) mass is 271 g/mol. The first-order valence-corrected chi connectivity index (χ1v) is 7.01. The molecular weight excluding hydrogens is 253 g/mol. The topological polar surface area (TPSA) is 26.0 Å². The first-order valence-electron chi connectivity index (χ1n) is 6.25.